The van der Waals surface area contributed by atoms with Crippen molar-refractivity contribution in [2.75, 3.05) is 13.2 Å². The number of benzene rings is 2. The van der Waals surface area contributed by atoms with E-state index >= 15 is 0 Å². The minimum atomic E-state index is -4.62. The van der Waals surface area contributed by atoms with Gasteiger partial charge >= 0.3 is 17.9 Å². The van der Waals surface area contributed by atoms with Gasteiger partial charge in [0.15, 0.2) is 0 Å². The van der Waals surface area contributed by atoms with Crippen LogP contribution in [0.5, 0.6) is 0 Å². The average molecular weight is 522 g/mol. The van der Waals surface area contributed by atoms with Gasteiger partial charge in [-0.25, -0.2) is 18.8 Å². The molecule has 0 bridgehead atoms. The Balaban J connectivity index is 1.71. The van der Waals surface area contributed by atoms with Crippen LogP contribution >= 0.6 is 0 Å². The Morgan fingerprint density at radius 3 is 2.58 bits per heavy atom. The monoisotopic (exact) mass is 522 g/mol. The number of amides is 1. The first-order valence-corrected chi connectivity index (χ1v) is 11.6. The van der Waals surface area contributed by atoms with E-state index in [0.717, 1.165) is 21.3 Å². The molecule has 1 fully saturated rings. The lowest BCUT2D eigenvalue weighted by molar-refractivity contribution is -0.137. The normalized spacial score (nSPS) is 15.4. The van der Waals surface area contributed by atoms with Gasteiger partial charge in [-0.15, -0.1) is 0 Å². The maximum atomic E-state index is 13.7. The van der Waals surface area contributed by atoms with E-state index in [1.807, 2.05) is 6.07 Å². The quantitative estimate of drug-likeness (QED) is 0.436. The molecule has 0 spiro atoms. The van der Waals surface area contributed by atoms with Crippen molar-refractivity contribution in [1.82, 2.24) is 24.2 Å². The third-order valence-electron chi connectivity index (χ3n) is 6.30. The molecule has 38 heavy (non-hydrogen) atoms. The summed E-state index contributed by atoms with van der Waals surface area (Å²) in [5.41, 5.74) is -0.0559. The maximum absolute atomic E-state index is 13.7. The van der Waals surface area contributed by atoms with Crippen molar-refractivity contribution in [3.63, 3.8) is 0 Å². The summed E-state index contributed by atoms with van der Waals surface area (Å²) >= 11 is 0. The number of aromatic nitrogens is 4. The van der Waals surface area contributed by atoms with Gasteiger partial charge in [-0.05, 0) is 61.9 Å². The number of alkyl halides is 3. The van der Waals surface area contributed by atoms with Crippen LogP contribution in [0.2, 0.25) is 0 Å². The number of rotatable bonds is 4. The fraction of sp³-hybridized carbons (Fsp3) is 0.231. The molecule has 1 atom stereocenters. The van der Waals surface area contributed by atoms with Gasteiger partial charge in [0.1, 0.15) is 5.69 Å². The van der Waals surface area contributed by atoms with Gasteiger partial charge in [-0.2, -0.15) is 23.5 Å². The molecular formula is C26H21F3N6O3. The fourth-order valence-corrected chi connectivity index (χ4v) is 4.47. The molecule has 2 aromatic heterocycles. The number of carbonyl (C=O) groups excluding carboxylic acids is 1. The van der Waals surface area contributed by atoms with Gasteiger partial charge in [-0.1, -0.05) is 6.07 Å². The van der Waals surface area contributed by atoms with Gasteiger partial charge in [0, 0.05) is 6.61 Å². The molecule has 1 aliphatic heterocycles. The summed E-state index contributed by atoms with van der Waals surface area (Å²) in [6.07, 6.45) is -2.58. The number of nitrogens with one attached hydrogen (secondary N) is 1. The number of hydrogen-bond donors (Lipinski definition) is 1. The second kappa shape index (κ2) is 9.68. The van der Waals surface area contributed by atoms with Crippen molar-refractivity contribution in [1.29, 1.82) is 5.26 Å². The molecule has 9 nitrogen and oxygen atoms in total. The fourth-order valence-electron chi connectivity index (χ4n) is 4.47. The summed E-state index contributed by atoms with van der Waals surface area (Å²) in [4.78, 5) is 27.1. The third-order valence-corrected chi connectivity index (χ3v) is 6.30. The smallest absolute Gasteiger partial charge is 0.379 e. The number of halogens is 3. The first-order valence-electron chi connectivity index (χ1n) is 11.6. The predicted octanol–water partition coefficient (Wildman–Crippen LogP) is 4.04. The van der Waals surface area contributed by atoms with Gasteiger partial charge < -0.3 is 10.1 Å². The van der Waals surface area contributed by atoms with Crippen LogP contribution < -0.4 is 11.0 Å². The topological polar surface area (TPSA) is 107 Å². The van der Waals surface area contributed by atoms with Crippen LogP contribution in [0.4, 0.5) is 18.0 Å². The van der Waals surface area contributed by atoms with E-state index in [2.05, 4.69) is 10.4 Å². The van der Waals surface area contributed by atoms with Crippen molar-refractivity contribution < 1.29 is 22.7 Å². The summed E-state index contributed by atoms with van der Waals surface area (Å²) in [6, 6.07) is 13.5. The van der Waals surface area contributed by atoms with E-state index in [-0.39, 0.29) is 29.7 Å². The molecule has 1 unspecified atom stereocenters. The van der Waals surface area contributed by atoms with Crippen LogP contribution in [0.15, 0.2) is 65.6 Å². The first-order chi connectivity index (χ1) is 18.2. The Hall–Kier alpha value is -4.63. The number of nitrogens with zero attached hydrogens (tertiary/aromatic N) is 5. The van der Waals surface area contributed by atoms with Gasteiger partial charge in [0.05, 0.1) is 58.8 Å². The number of imidazole rings is 1. The number of hydrogen-bond acceptors (Lipinski definition) is 5. The zero-order chi connectivity index (χ0) is 27.0. The largest absolute Gasteiger partial charge is 0.416 e. The molecule has 0 radical (unpaired) electrons. The molecule has 1 N–H and O–H groups in total. The first kappa shape index (κ1) is 25.0. The molecule has 3 heterocycles. The van der Waals surface area contributed by atoms with Crippen LogP contribution in [-0.2, 0) is 10.9 Å². The van der Waals surface area contributed by atoms with Crippen molar-refractivity contribution in [2.24, 2.45) is 0 Å². The van der Waals surface area contributed by atoms with Crippen LogP contribution in [-0.4, -0.2) is 44.2 Å². The van der Waals surface area contributed by atoms with E-state index in [1.165, 1.54) is 23.0 Å². The number of carbonyl (C=O) groups is 1. The van der Waals surface area contributed by atoms with Crippen LogP contribution in [0.1, 0.15) is 23.2 Å². The lowest BCUT2D eigenvalue weighted by Gasteiger charge is -2.14. The summed E-state index contributed by atoms with van der Waals surface area (Å²) in [7, 11) is 0. The molecule has 0 aliphatic carbocycles. The number of nitriles is 1. The molecular weight excluding hydrogens is 501 g/mol. The third kappa shape index (κ3) is 4.48. The van der Waals surface area contributed by atoms with Crippen LogP contribution in [0.25, 0.3) is 22.8 Å². The average Bonchev–Trinajstić information content (AvgIpc) is 3.63. The molecule has 194 valence electrons. The highest BCUT2D eigenvalue weighted by Crippen LogP contribution is 2.32. The molecule has 2 aromatic carbocycles. The lowest BCUT2D eigenvalue weighted by atomic mass is 10.2. The van der Waals surface area contributed by atoms with Gasteiger partial charge in [-0.3, -0.25) is 4.57 Å². The standard InChI is InChI=1S/C26H21F3N6O3/c1-16-23(22-9-11-31-35(22)20-7-5-17(14-30)6-8-20)34(24(36)32-19-10-12-38-15-19)25(37)33(16)21-4-2-3-18(13-21)26(27,28)29/h2-9,11,13,19H,10,12,15H2,1H3,(H,32,36). The van der Waals surface area contributed by atoms with E-state index in [0.29, 0.717) is 30.0 Å². The zero-order valence-electron chi connectivity index (χ0n) is 20.1. The van der Waals surface area contributed by atoms with Crippen molar-refractivity contribution >= 4 is 6.03 Å². The summed E-state index contributed by atoms with van der Waals surface area (Å²) in [5.74, 6) is 0. The molecule has 5 rings (SSSR count). The predicted molar refractivity (Wildman–Crippen MR) is 130 cm³/mol. The Morgan fingerprint density at radius 2 is 1.92 bits per heavy atom. The Labute approximate surface area is 214 Å². The van der Waals surface area contributed by atoms with Crippen molar-refractivity contribution in [3.05, 3.63) is 88.1 Å². The second-order valence-electron chi connectivity index (χ2n) is 8.73. The Morgan fingerprint density at radius 1 is 1.16 bits per heavy atom. The molecule has 4 aromatic rings. The molecule has 1 aliphatic rings. The van der Waals surface area contributed by atoms with Crippen molar-refractivity contribution in [2.45, 2.75) is 25.6 Å². The highest BCUT2D eigenvalue weighted by atomic mass is 19.4. The van der Waals surface area contributed by atoms with Gasteiger partial charge in [0.2, 0.25) is 0 Å². The minimum Gasteiger partial charge on any atom is -0.379 e. The van der Waals surface area contributed by atoms with E-state index in [9.17, 15) is 22.8 Å². The van der Waals surface area contributed by atoms with E-state index in [4.69, 9.17) is 10.00 Å². The molecule has 1 saturated heterocycles. The highest BCUT2D eigenvalue weighted by molar-refractivity contribution is 5.83. The molecule has 1 amide bonds. The van der Waals surface area contributed by atoms with E-state index < -0.39 is 23.5 Å². The van der Waals surface area contributed by atoms with Crippen LogP contribution in [0, 0.1) is 18.3 Å². The maximum Gasteiger partial charge on any atom is 0.416 e. The zero-order valence-corrected chi connectivity index (χ0v) is 20.1. The molecule has 0 saturated carbocycles. The van der Waals surface area contributed by atoms with Crippen molar-refractivity contribution in [3.8, 4) is 28.8 Å². The summed E-state index contributed by atoms with van der Waals surface area (Å²) in [5, 5.41) is 16.2. The Kier molecular flexibility index (Phi) is 6.38. The van der Waals surface area contributed by atoms with E-state index in [1.54, 1.807) is 37.3 Å². The minimum absolute atomic E-state index is 0.0382. The summed E-state index contributed by atoms with van der Waals surface area (Å²) < 4.78 is 49.1. The number of ether oxygens (including phenoxy) is 1. The molecule has 12 heteroatoms. The van der Waals surface area contributed by atoms with Gasteiger partial charge in [0.25, 0.3) is 0 Å². The SMILES string of the molecule is Cc1c(-c2ccnn2-c2ccc(C#N)cc2)n(C(=O)NC2CCOC2)c(=O)n1-c1cccc(C(F)(F)F)c1. The lowest BCUT2D eigenvalue weighted by Crippen LogP contribution is -2.42. The Bertz CT molecular complexity index is 1600. The van der Waals surface area contributed by atoms with Crippen LogP contribution in [0.3, 0.4) is 0 Å². The summed E-state index contributed by atoms with van der Waals surface area (Å²) in [6.45, 7) is 2.30. The highest BCUT2D eigenvalue weighted by Gasteiger charge is 2.32. The second-order valence-corrected chi connectivity index (χ2v) is 8.73.